The number of rotatable bonds is 4. The van der Waals surface area contributed by atoms with E-state index >= 15 is 0 Å². The number of ether oxygens (including phenoxy) is 1. The number of carbonyl (C=O) groups excluding carboxylic acids is 1. The van der Waals surface area contributed by atoms with Gasteiger partial charge >= 0.3 is 0 Å². The van der Waals surface area contributed by atoms with Crippen LogP contribution in [0, 0.1) is 0 Å². The highest BCUT2D eigenvalue weighted by Gasteiger charge is 2.19. The predicted octanol–water partition coefficient (Wildman–Crippen LogP) is 2.06. The summed E-state index contributed by atoms with van der Waals surface area (Å²) >= 11 is 0. The molecule has 0 bridgehead atoms. The number of aromatic nitrogens is 1. The molecule has 0 radical (unpaired) electrons. The Morgan fingerprint density at radius 1 is 1.16 bits per heavy atom. The third kappa shape index (κ3) is 3.06. The molecule has 0 aliphatic carbocycles. The third-order valence-corrected chi connectivity index (χ3v) is 4.19. The molecule has 0 saturated heterocycles. The minimum absolute atomic E-state index is 0.0327. The largest absolute Gasteiger partial charge is 0.497 e. The van der Waals surface area contributed by atoms with Crippen LogP contribution in [-0.2, 0) is 13.6 Å². The van der Waals surface area contributed by atoms with E-state index in [1.807, 2.05) is 30.3 Å². The van der Waals surface area contributed by atoms with Crippen LogP contribution in [0.25, 0.3) is 10.9 Å². The number of amides is 1. The standard InChI is InChI=1S/C19H19N3O3/c1-22-15-6-4-3-5-14(15)17(23)16(18(22)20)19(24)21-11-12-7-9-13(25-2)10-8-12/h3-10H,11,20H2,1-2H3,(H,21,24). The maximum absolute atomic E-state index is 12.7. The van der Waals surface area contributed by atoms with Crippen molar-refractivity contribution >= 4 is 22.6 Å². The SMILES string of the molecule is COc1ccc(CNC(=O)c2c(N)n(C)c3ccccc3c2=O)cc1. The van der Waals surface area contributed by atoms with Crippen LogP contribution in [0.1, 0.15) is 15.9 Å². The maximum Gasteiger partial charge on any atom is 0.259 e. The Morgan fingerprint density at radius 3 is 2.52 bits per heavy atom. The molecule has 3 aromatic rings. The van der Waals surface area contributed by atoms with Crippen molar-refractivity contribution in [3.63, 3.8) is 0 Å². The van der Waals surface area contributed by atoms with Crippen molar-refractivity contribution in [2.75, 3.05) is 12.8 Å². The molecule has 2 aromatic carbocycles. The van der Waals surface area contributed by atoms with Gasteiger partial charge in [0.2, 0.25) is 5.43 Å². The van der Waals surface area contributed by atoms with Gasteiger partial charge in [-0.15, -0.1) is 0 Å². The van der Waals surface area contributed by atoms with Gasteiger partial charge in [0.05, 0.1) is 12.6 Å². The highest BCUT2D eigenvalue weighted by atomic mass is 16.5. The van der Waals surface area contributed by atoms with E-state index in [4.69, 9.17) is 10.5 Å². The smallest absolute Gasteiger partial charge is 0.259 e. The normalized spacial score (nSPS) is 10.6. The number of hydrogen-bond donors (Lipinski definition) is 2. The van der Waals surface area contributed by atoms with Gasteiger partial charge in [-0.3, -0.25) is 9.59 Å². The Morgan fingerprint density at radius 2 is 1.84 bits per heavy atom. The molecule has 1 aromatic heterocycles. The van der Waals surface area contributed by atoms with Crippen LogP contribution in [0.5, 0.6) is 5.75 Å². The van der Waals surface area contributed by atoms with Crippen molar-refractivity contribution < 1.29 is 9.53 Å². The van der Waals surface area contributed by atoms with E-state index in [-0.39, 0.29) is 23.4 Å². The number of nitrogen functional groups attached to an aromatic ring is 1. The number of nitrogens with zero attached hydrogens (tertiary/aromatic N) is 1. The van der Waals surface area contributed by atoms with E-state index in [0.717, 1.165) is 11.3 Å². The van der Waals surface area contributed by atoms with Crippen LogP contribution in [-0.4, -0.2) is 17.6 Å². The minimum atomic E-state index is -0.486. The first-order chi connectivity index (χ1) is 12.0. The van der Waals surface area contributed by atoms with Crippen molar-refractivity contribution in [2.24, 2.45) is 7.05 Å². The molecular weight excluding hydrogens is 318 g/mol. The van der Waals surface area contributed by atoms with Crippen LogP contribution in [0.15, 0.2) is 53.3 Å². The van der Waals surface area contributed by atoms with Crippen LogP contribution in [0.3, 0.4) is 0 Å². The summed E-state index contributed by atoms with van der Waals surface area (Å²) in [6.45, 7) is 0.290. The van der Waals surface area contributed by atoms with E-state index < -0.39 is 5.91 Å². The van der Waals surface area contributed by atoms with Gasteiger partial charge in [-0.1, -0.05) is 24.3 Å². The van der Waals surface area contributed by atoms with Crippen LogP contribution in [0.2, 0.25) is 0 Å². The highest BCUT2D eigenvalue weighted by Crippen LogP contribution is 2.17. The number of nitrogens with one attached hydrogen (secondary N) is 1. The van der Waals surface area contributed by atoms with E-state index in [1.54, 1.807) is 36.9 Å². The van der Waals surface area contributed by atoms with Gasteiger partial charge in [-0.25, -0.2) is 0 Å². The first kappa shape index (κ1) is 16.6. The Bertz CT molecular complexity index is 991. The summed E-state index contributed by atoms with van der Waals surface area (Å²) in [5.74, 6) is 0.401. The molecule has 6 nitrogen and oxygen atoms in total. The summed E-state index contributed by atoms with van der Waals surface area (Å²) < 4.78 is 6.75. The number of para-hydroxylation sites is 1. The molecule has 1 heterocycles. The molecule has 25 heavy (non-hydrogen) atoms. The third-order valence-electron chi connectivity index (χ3n) is 4.19. The van der Waals surface area contributed by atoms with Gasteiger partial charge in [0.1, 0.15) is 17.1 Å². The quantitative estimate of drug-likeness (QED) is 0.763. The first-order valence-electron chi connectivity index (χ1n) is 7.81. The number of hydrogen-bond acceptors (Lipinski definition) is 4. The zero-order valence-electron chi connectivity index (χ0n) is 14.1. The number of aryl methyl sites for hydroxylation is 1. The predicted molar refractivity (Wildman–Crippen MR) is 97.8 cm³/mol. The summed E-state index contributed by atoms with van der Waals surface area (Å²) in [6, 6.07) is 14.4. The summed E-state index contributed by atoms with van der Waals surface area (Å²) in [4.78, 5) is 25.2. The average molecular weight is 337 g/mol. The summed E-state index contributed by atoms with van der Waals surface area (Å²) in [7, 11) is 3.33. The van der Waals surface area contributed by atoms with Gasteiger partial charge in [-0.2, -0.15) is 0 Å². The fourth-order valence-electron chi connectivity index (χ4n) is 2.74. The van der Waals surface area contributed by atoms with E-state index in [0.29, 0.717) is 10.9 Å². The van der Waals surface area contributed by atoms with Crippen LogP contribution >= 0.6 is 0 Å². The number of fused-ring (bicyclic) bond motifs is 1. The molecule has 0 saturated carbocycles. The Hall–Kier alpha value is -3.28. The zero-order chi connectivity index (χ0) is 18.0. The van der Waals surface area contributed by atoms with Crippen molar-refractivity contribution in [2.45, 2.75) is 6.54 Å². The number of nitrogens with two attached hydrogens (primary N) is 1. The molecule has 0 fully saturated rings. The molecule has 6 heteroatoms. The van der Waals surface area contributed by atoms with E-state index in [9.17, 15) is 9.59 Å². The summed E-state index contributed by atoms with van der Waals surface area (Å²) in [5, 5.41) is 3.22. The Kier molecular flexibility index (Phi) is 4.43. The number of benzene rings is 2. The fourth-order valence-corrected chi connectivity index (χ4v) is 2.74. The Balaban J connectivity index is 1.90. The monoisotopic (exact) mass is 337 g/mol. The fraction of sp³-hybridized carbons (Fsp3) is 0.158. The molecule has 0 aliphatic heterocycles. The molecule has 0 aliphatic rings. The second-order valence-electron chi connectivity index (χ2n) is 5.70. The van der Waals surface area contributed by atoms with E-state index in [2.05, 4.69) is 5.32 Å². The maximum atomic E-state index is 12.7. The number of carbonyl (C=O) groups is 1. The minimum Gasteiger partial charge on any atom is -0.497 e. The lowest BCUT2D eigenvalue weighted by Gasteiger charge is -2.14. The second kappa shape index (κ2) is 6.68. The molecule has 128 valence electrons. The lowest BCUT2D eigenvalue weighted by molar-refractivity contribution is 0.0950. The topological polar surface area (TPSA) is 86.3 Å². The molecule has 0 unspecified atom stereocenters. The molecule has 3 N–H and O–H groups in total. The number of anilines is 1. The zero-order valence-corrected chi connectivity index (χ0v) is 14.1. The van der Waals surface area contributed by atoms with Crippen LogP contribution < -0.4 is 21.2 Å². The molecule has 0 atom stereocenters. The average Bonchev–Trinajstić information content (AvgIpc) is 2.65. The molecular formula is C19H19N3O3. The second-order valence-corrected chi connectivity index (χ2v) is 5.70. The lowest BCUT2D eigenvalue weighted by atomic mass is 10.1. The van der Waals surface area contributed by atoms with Crippen LogP contribution in [0.4, 0.5) is 5.82 Å². The van der Waals surface area contributed by atoms with Crippen molar-refractivity contribution in [3.05, 3.63) is 69.9 Å². The number of pyridine rings is 1. The van der Waals surface area contributed by atoms with Gasteiger partial charge in [-0.05, 0) is 29.8 Å². The summed E-state index contributed by atoms with van der Waals surface area (Å²) in [6.07, 6.45) is 0. The lowest BCUT2D eigenvalue weighted by Crippen LogP contribution is -2.31. The van der Waals surface area contributed by atoms with Gasteiger partial charge in [0.25, 0.3) is 5.91 Å². The van der Waals surface area contributed by atoms with Gasteiger partial charge in [0.15, 0.2) is 0 Å². The first-order valence-corrected chi connectivity index (χ1v) is 7.81. The van der Waals surface area contributed by atoms with Crippen molar-refractivity contribution in [1.82, 2.24) is 9.88 Å². The Labute approximate surface area is 144 Å². The van der Waals surface area contributed by atoms with Gasteiger partial charge in [0, 0.05) is 19.0 Å². The van der Waals surface area contributed by atoms with Gasteiger partial charge < -0.3 is 20.4 Å². The van der Waals surface area contributed by atoms with E-state index in [1.165, 1.54) is 0 Å². The molecule has 0 spiro atoms. The molecule has 1 amide bonds. The van der Waals surface area contributed by atoms with Crippen molar-refractivity contribution in [3.8, 4) is 5.75 Å². The van der Waals surface area contributed by atoms with Crippen molar-refractivity contribution in [1.29, 1.82) is 0 Å². The number of methoxy groups -OCH3 is 1. The summed E-state index contributed by atoms with van der Waals surface area (Å²) in [5.41, 5.74) is 7.23. The highest BCUT2D eigenvalue weighted by molar-refractivity contribution is 6.01. The molecule has 3 rings (SSSR count).